The average Bonchev–Trinajstić information content (AvgIpc) is 2.98. The van der Waals surface area contributed by atoms with Crippen molar-refractivity contribution in [1.29, 1.82) is 0 Å². The molecule has 0 spiro atoms. The Balaban J connectivity index is 1.73. The van der Waals surface area contributed by atoms with Crippen molar-refractivity contribution in [1.82, 2.24) is 9.80 Å². The number of esters is 1. The molecule has 1 saturated heterocycles. The van der Waals surface area contributed by atoms with Crippen molar-refractivity contribution in [2.75, 3.05) is 40.0 Å². The topological polar surface area (TPSA) is 93.2 Å². The third-order valence-corrected chi connectivity index (χ3v) is 5.28. The summed E-state index contributed by atoms with van der Waals surface area (Å²) in [4.78, 5) is 52.9. The van der Waals surface area contributed by atoms with Gasteiger partial charge in [-0.25, -0.2) is 0 Å². The van der Waals surface area contributed by atoms with Crippen molar-refractivity contribution in [3.8, 4) is 0 Å². The summed E-state index contributed by atoms with van der Waals surface area (Å²) in [5.41, 5.74) is 0.900. The first-order valence-electron chi connectivity index (χ1n) is 9.93. The van der Waals surface area contributed by atoms with Gasteiger partial charge in [-0.2, -0.15) is 0 Å². The number of imide groups is 1. The molecule has 3 rings (SSSR count). The van der Waals surface area contributed by atoms with E-state index >= 15 is 0 Å². The first-order valence-corrected chi connectivity index (χ1v) is 9.93. The molecule has 8 nitrogen and oxygen atoms in total. The maximum Gasteiger partial charge on any atom is 0.310 e. The van der Waals surface area contributed by atoms with Crippen molar-refractivity contribution < 1.29 is 28.7 Å². The van der Waals surface area contributed by atoms with Crippen molar-refractivity contribution >= 4 is 23.7 Å². The van der Waals surface area contributed by atoms with Gasteiger partial charge in [-0.3, -0.25) is 24.1 Å². The predicted octanol–water partition coefficient (Wildman–Crippen LogP) is 1.73. The van der Waals surface area contributed by atoms with Crippen LogP contribution in [0.15, 0.2) is 18.2 Å². The number of piperidine rings is 1. The van der Waals surface area contributed by atoms with Gasteiger partial charge in [0.05, 0.1) is 23.7 Å². The van der Waals surface area contributed by atoms with E-state index in [1.54, 1.807) is 25.0 Å². The highest BCUT2D eigenvalue weighted by molar-refractivity contribution is 6.22. The number of fused-ring (bicyclic) bond motifs is 1. The van der Waals surface area contributed by atoms with Crippen LogP contribution in [0.1, 0.15) is 57.3 Å². The highest BCUT2D eigenvalue weighted by atomic mass is 16.5. The third kappa shape index (κ3) is 4.32. The molecule has 0 aromatic heterocycles. The first-order chi connectivity index (χ1) is 14.0. The monoisotopic (exact) mass is 402 g/mol. The molecule has 1 aromatic carbocycles. The van der Waals surface area contributed by atoms with Crippen LogP contribution < -0.4 is 0 Å². The van der Waals surface area contributed by atoms with E-state index in [2.05, 4.69) is 0 Å². The van der Waals surface area contributed by atoms with Crippen LogP contribution in [0.5, 0.6) is 0 Å². The van der Waals surface area contributed by atoms with Crippen molar-refractivity contribution in [2.45, 2.75) is 26.2 Å². The first kappa shape index (κ1) is 21.0. The summed E-state index contributed by atoms with van der Waals surface area (Å²) in [5, 5.41) is 0. The number of amides is 3. The van der Waals surface area contributed by atoms with Gasteiger partial charge in [-0.15, -0.1) is 0 Å². The standard InChI is InChI=1S/C21H26N2O6/c1-3-29-21(27)15-6-4-9-22(13-15)18(24)14-7-8-16-17(12-14)20(26)23(19(16)25)10-5-11-28-2/h7-8,12,15H,3-6,9-11,13H2,1-2H3/t15-/m1/s1. The zero-order valence-electron chi connectivity index (χ0n) is 16.8. The molecule has 0 N–H and O–H groups in total. The van der Waals surface area contributed by atoms with Crippen LogP contribution in [0.2, 0.25) is 0 Å². The lowest BCUT2D eigenvalue weighted by molar-refractivity contribution is -0.149. The highest BCUT2D eigenvalue weighted by Crippen LogP contribution is 2.26. The SMILES string of the molecule is CCOC(=O)[C@@H]1CCCN(C(=O)c2ccc3c(c2)C(=O)N(CCCOC)C3=O)C1. The fourth-order valence-corrected chi connectivity index (χ4v) is 3.79. The molecule has 0 aliphatic carbocycles. The molecule has 29 heavy (non-hydrogen) atoms. The third-order valence-electron chi connectivity index (χ3n) is 5.28. The number of carbonyl (C=O) groups excluding carboxylic acids is 4. The second kappa shape index (κ2) is 9.17. The maximum absolute atomic E-state index is 13.0. The van der Waals surface area contributed by atoms with E-state index in [9.17, 15) is 19.2 Å². The van der Waals surface area contributed by atoms with Gasteiger partial charge in [0.2, 0.25) is 0 Å². The number of nitrogens with zero attached hydrogens (tertiary/aromatic N) is 2. The summed E-state index contributed by atoms with van der Waals surface area (Å²) < 4.78 is 10.1. The van der Waals surface area contributed by atoms with E-state index in [1.165, 1.54) is 17.0 Å². The van der Waals surface area contributed by atoms with E-state index in [0.717, 1.165) is 0 Å². The summed E-state index contributed by atoms with van der Waals surface area (Å²) in [5.74, 6) is -1.60. The Morgan fingerprint density at radius 3 is 2.66 bits per heavy atom. The van der Waals surface area contributed by atoms with Gasteiger partial charge in [-0.1, -0.05) is 0 Å². The van der Waals surface area contributed by atoms with Crippen LogP contribution in [0.4, 0.5) is 0 Å². The van der Waals surface area contributed by atoms with Gasteiger partial charge >= 0.3 is 5.97 Å². The predicted molar refractivity (Wildman–Crippen MR) is 104 cm³/mol. The molecule has 0 bridgehead atoms. The van der Waals surface area contributed by atoms with Crippen LogP contribution >= 0.6 is 0 Å². The lowest BCUT2D eigenvalue weighted by Gasteiger charge is -2.31. The Hall–Kier alpha value is -2.74. The van der Waals surface area contributed by atoms with Gasteiger partial charge in [0, 0.05) is 38.9 Å². The minimum atomic E-state index is -0.390. The molecule has 0 saturated carbocycles. The average molecular weight is 402 g/mol. The molecular weight excluding hydrogens is 376 g/mol. The molecule has 1 atom stereocenters. The van der Waals surface area contributed by atoms with Gasteiger partial charge in [0.25, 0.3) is 17.7 Å². The Kier molecular flexibility index (Phi) is 6.64. The number of ether oxygens (including phenoxy) is 2. The molecule has 2 aliphatic heterocycles. The van der Waals surface area contributed by atoms with E-state index in [4.69, 9.17) is 9.47 Å². The molecular formula is C21H26N2O6. The highest BCUT2D eigenvalue weighted by Gasteiger charge is 2.36. The van der Waals surface area contributed by atoms with Gasteiger partial charge in [-0.05, 0) is 44.4 Å². The molecule has 3 amide bonds. The molecule has 2 heterocycles. The van der Waals surface area contributed by atoms with Crippen LogP contribution in [-0.4, -0.2) is 73.4 Å². The fraction of sp³-hybridized carbons (Fsp3) is 0.524. The van der Waals surface area contributed by atoms with E-state index < -0.39 is 5.91 Å². The maximum atomic E-state index is 13.0. The lowest BCUT2D eigenvalue weighted by atomic mass is 9.97. The summed E-state index contributed by atoms with van der Waals surface area (Å²) in [6.07, 6.45) is 1.96. The van der Waals surface area contributed by atoms with E-state index in [0.29, 0.717) is 56.7 Å². The van der Waals surface area contributed by atoms with Gasteiger partial charge in [0.15, 0.2) is 0 Å². The van der Waals surface area contributed by atoms with Gasteiger partial charge in [0.1, 0.15) is 0 Å². The Morgan fingerprint density at radius 1 is 1.17 bits per heavy atom. The molecule has 2 aliphatic rings. The van der Waals surface area contributed by atoms with Crippen LogP contribution in [0, 0.1) is 5.92 Å². The summed E-state index contributed by atoms with van der Waals surface area (Å²) in [7, 11) is 1.56. The number of likely N-dealkylation sites (tertiary alicyclic amines) is 1. The number of methoxy groups -OCH3 is 1. The Bertz CT molecular complexity index is 821. The second-order valence-corrected chi connectivity index (χ2v) is 7.21. The number of rotatable bonds is 7. The Labute approximate surface area is 169 Å². The van der Waals surface area contributed by atoms with Crippen molar-refractivity contribution in [3.63, 3.8) is 0 Å². The quantitative estimate of drug-likeness (QED) is 0.392. The zero-order valence-corrected chi connectivity index (χ0v) is 16.8. The smallest absolute Gasteiger partial charge is 0.310 e. The zero-order chi connectivity index (χ0) is 21.0. The fourth-order valence-electron chi connectivity index (χ4n) is 3.79. The number of carbonyl (C=O) groups is 4. The molecule has 156 valence electrons. The minimum absolute atomic E-state index is 0.247. The second-order valence-electron chi connectivity index (χ2n) is 7.21. The van der Waals surface area contributed by atoms with Crippen LogP contribution in [-0.2, 0) is 14.3 Å². The van der Waals surface area contributed by atoms with Crippen LogP contribution in [0.25, 0.3) is 0 Å². The largest absolute Gasteiger partial charge is 0.466 e. The normalized spacial score (nSPS) is 18.8. The number of benzene rings is 1. The van der Waals surface area contributed by atoms with Gasteiger partial charge < -0.3 is 14.4 Å². The Morgan fingerprint density at radius 2 is 1.93 bits per heavy atom. The van der Waals surface area contributed by atoms with E-state index in [1.807, 2.05) is 0 Å². The minimum Gasteiger partial charge on any atom is -0.466 e. The summed E-state index contributed by atoms with van der Waals surface area (Å²) >= 11 is 0. The molecule has 1 fully saturated rings. The molecule has 0 radical (unpaired) electrons. The molecule has 1 aromatic rings. The number of hydrogen-bond acceptors (Lipinski definition) is 6. The number of hydrogen-bond donors (Lipinski definition) is 0. The molecule has 8 heteroatoms. The summed E-state index contributed by atoms with van der Waals surface area (Å²) in [6, 6.07) is 4.59. The van der Waals surface area contributed by atoms with E-state index in [-0.39, 0.29) is 35.8 Å². The summed E-state index contributed by atoms with van der Waals surface area (Å²) in [6.45, 7) is 3.63. The van der Waals surface area contributed by atoms with Crippen LogP contribution in [0.3, 0.4) is 0 Å². The van der Waals surface area contributed by atoms with Crippen molar-refractivity contribution in [2.24, 2.45) is 5.92 Å². The molecule has 0 unspecified atom stereocenters. The van der Waals surface area contributed by atoms with Crippen molar-refractivity contribution in [3.05, 3.63) is 34.9 Å². The lowest BCUT2D eigenvalue weighted by Crippen LogP contribution is -2.42.